The quantitative estimate of drug-likeness (QED) is 0.486. The van der Waals surface area contributed by atoms with E-state index < -0.39 is 12.7 Å². The summed E-state index contributed by atoms with van der Waals surface area (Å²) in [6.07, 6.45) is 1.82. The Morgan fingerprint density at radius 3 is 2.08 bits per heavy atom. The Balaban J connectivity index is 1.86. The van der Waals surface area contributed by atoms with Gasteiger partial charge in [-0.2, -0.15) is 0 Å². The molecule has 0 radical (unpaired) electrons. The fraction of sp³-hybridized carbons (Fsp3) is 0.182. The summed E-state index contributed by atoms with van der Waals surface area (Å²) in [5.41, 5.74) is 3.69. The summed E-state index contributed by atoms with van der Waals surface area (Å²) < 4.78 is 45.0. The van der Waals surface area contributed by atoms with Gasteiger partial charge in [0.2, 0.25) is 6.86 Å². The van der Waals surface area contributed by atoms with Crippen molar-refractivity contribution >= 4 is 0 Å². The first-order valence-corrected chi connectivity index (χ1v) is 8.50. The van der Waals surface area contributed by atoms with Crippen LogP contribution in [0.25, 0.3) is 22.3 Å². The molecule has 26 heavy (non-hydrogen) atoms. The topological polar surface area (TPSA) is 9.23 Å². The minimum absolute atomic E-state index is 0.123. The van der Waals surface area contributed by atoms with Gasteiger partial charge in [0.1, 0.15) is 5.82 Å². The Morgan fingerprint density at radius 2 is 1.46 bits per heavy atom. The molecule has 3 aromatic rings. The summed E-state index contributed by atoms with van der Waals surface area (Å²) >= 11 is 0. The molecule has 0 unspecified atom stereocenters. The number of benzene rings is 3. The lowest BCUT2D eigenvalue weighted by Crippen LogP contribution is -1.93. The second-order valence-electron chi connectivity index (χ2n) is 6.04. The predicted octanol–water partition coefficient (Wildman–Crippen LogP) is 6.56. The van der Waals surface area contributed by atoms with Gasteiger partial charge in [-0.3, -0.25) is 0 Å². The lowest BCUT2D eigenvalue weighted by Gasteiger charge is -2.09. The van der Waals surface area contributed by atoms with Crippen LogP contribution in [0.15, 0.2) is 60.7 Å². The fourth-order valence-corrected chi connectivity index (χ4v) is 2.94. The van der Waals surface area contributed by atoms with Gasteiger partial charge in [0.15, 0.2) is 11.6 Å². The van der Waals surface area contributed by atoms with E-state index in [4.69, 9.17) is 0 Å². The van der Waals surface area contributed by atoms with Crippen molar-refractivity contribution in [2.75, 3.05) is 6.86 Å². The minimum Gasteiger partial charge on any atom is -0.460 e. The van der Waals surface area contributed by atoms with Crippen LogP contribution in [0.1, 0.15) is 18.9 Å². The normalized spacial score (nSPS) is 10.8. The molecule has 134 valence electrons. The summed E-state index contributed by atoms with van der Waals surface area (Å²) in [6, 6.07) is 16.9. The SMILES string of the molecule is CCCc1ccc(-c2ccc(-c3ccc(OCF)c(F)c3)cc2)c(F)c1. The highest BCUT2D eigenvalue weighted by atomic mass is 19.1. The van der Waals surface area contributed by atoms with Crippen molar-refractivity contribution in [2.45, 2.75) is 19.8 Å². The van der Waals surface area contributed by atoms with E-state index in [2.05, 4.69) is 11.7 Å². The summed E-state index contributed by atoms with van der Waals surface area (Å²) in [6.45, 7) is 0.983. The second-order valence-corrected chi connectivity index (χ2v) is 6.04. The second kappa shape index (κ2) is 8.09. The van der Waals surface area contributed by atoms with E-state index in [1.165, 1.54) is 12.1 Å². The molecule has 0 aromatic heterocycles. The average Bonchev–Trinajstić information content (AvgIpc) is 2.64. The number of halogens is 3. The van der Waals surface area contributed by atoms with Gasteiger partial charge < -0.3 is 4.74 Å². The van der Waals surface area contributed by atoms with Crippen molar-refractivity contribution in [1.82, 2.24) is 0 Å². The molecular formula is C22H19F3O. The highest BCUT2D eigenvalue weighted by Gasteiger charge is 2.09. The lowest BCUT2D eigenvalue weighted by atomic mass is 9.98. The number of rotatable bonds is 6. The average molecular weight is 356 g/mol. The monoisotopic (exact) mass is 356 g/mol. The Bertz CT molecular complexity index is 888. The van der Waals surface area contributed by atoms with Gasteiger partial charge in [0, 0.05) is 5.56 Å². The van der Waals surface area contributed by atoms with Crippen LogP contribution in [0.2, 0.25) is 0 Å². The van der Waals surface area contributed by atoms with Crippen LogP contribution in [0.5, 0.6) is 5.75 Å². The molecule has 0 amide bonds. The van der Waals surface area contributed by atoms with Crippen LogP contribution < -0.4 is 4.74 Å². The van der Waals surface area contributed by atoms with Gasteiger partial charge in [-0.05, 0) is 46.9 Å². The minimum atomic E-state index is -1.08. The molecule has 0 fully saturated rings. The van der Waals surface area contributed by atoms with Crippen LogP contribution in [0, 0.1) is 11.6 Å². The smallest absolute Gasteiger partial charge is 0.228 e. The highest BCUT2D eigenvalue weighted by molar-refractivity contribution is 5.71. The van der Waals surface area contributed by atoms with Crippen molar-refractivity contribution in [2.24, 2.45) is 0 Å². The van der Waals surface area contributed by atoms with Gasteiger partial charge in [0.25, 0.3) is 0 Å². The number of aryl methyl sites for hydroxylation is 1. The summed E-state index contributed by atoms with van der Waals surface area (Å²) in [5, 5.41) is 0. The first-order chi connectivity index (χ1) is 12.6. The largest absolute Gasteiger partial charge is 0.460 e. The zero-order valence-corrected chi connectivity index (χ0v) is 14.4. The molecule has 0 spiro atoms. The molecule has 0 aliphatic carbocycles. The maximum Gasteiger partial charge on any atom is 0.228 e. The number of ether oxygens (including phenoxy) is 1. The summed E-state index contributed by atoms with van der Waals surface area (Å²) in [7, 11) is 0. The Kier molecular flexibility index (Phi) is 5.61. The molecule has 3 aromatic carbocycles. The Hall–Kier alpha value is -2.75. The molecule has 0 aliphatic heterocycles. The molecular weight excluding hydrogens is 337 g/mol. The molecule has 0 saturated heterocycles. The van der Waals surface area contributed by atoms with Gasteiger partial charge in [-0.25, -0.2) is 13.2 Å². The zero-order chi connectivity index (χ0) is 18.5. The fourth-order valence-electron chi connectivity index (χ4n) is 2.94. The van der Waals surface area contributed by atoms with Crippen LogP contribution in [0.4, 0.5) is 13.2 Å². The predicted molar refractivity (Wildman–Crippen MR) is 97.8 cm³/mol. The molecule has 0 bridgehead atoms. The van der Waals surface area contributed by atoms with Crippen LogP contribution in [0.3, 0.4) is 0 Å². The van der Waals surface area contributed by atoms with Crippen LogP contribution in [-0.4, -0.2) is 6.86 Å². The standard InChI is InChI=1S/C22H19F3O/c1-2-3-15-4-10-19(20(24)12-15)17-7-5-16(6-8-17)18-9-11-22(26-14-23)21(25)13-18/h4-13H,2-3,14H2,1H3. The van der Waals surface area contributed by atoms with Gasteiger partial charge >= 0.3 is 0 Å². The Morgan fingerprint density at radius 1 is 0.769 bits per heavy atom. The van der Waals surface area contributed by atoms with E-state index >= 15 is 0 Å². The van der Waals surface area contributed by atoms with E-state index in [-0.39, 0.29) is 11.6 Å². The first kappa shape index (κ1) is 18.1. The molecule has 0 saturated carbocycles. The van der Waals surface area contributed by atoms with Gasteiger partial charge in [-0.15, -0.1) is 0 Å². The summed E-state index contributed by atoms with van der Waals surface area (Å²) in [4.78, 5) is 0. The Labute approximate surface area is 151 Å². The molecule has 0 N–H and O–H groups in total. The molecule has 4 heteroatoms. The number of hydrogen-bond acceptors (Lipinski definition) is 1. The molecule has 0 atom stereocenters. The van der Waals surface area contributed by atoms with Crippen molar-refractivity contribution in [1.29, 1.82) is 0 Å². The third-order valence-electron chi connectivity index (χ3n) is 4.24. The zero-order valence-electron chi connectivity index (χ0n) is 14.4. The first-order valence-electron chi connectivity index (χ1n) is 8.50. The van der Waals surface area contributed by atoms with Crippen molar-refractivity contribution < 1.29 is 17.9 Å². The van der Waals surface area contributed by atoms with Crippen LogP contribution in [-0.2, 0) is 6.42 Å². The summed E-state index contributed by atoms with van der Waals surface area (Å²) in [5.74, 6) is -0.994. The molecule has 1 nitrogen and oxygen atoms in total. The number of alkyl halides is 1. The number of hydrogen-bond donors (Lipinski definition) is 0. The van der Waals surface area contributed by atoms with Gasteiger partial charge in [-0.1, -0.05) is 55.8 Å². The third-order valence-corrected chi connectivity index (χ3v) is 4.24. The van der Waals surface area contributed by atoms with Crippen molar-refractivity contribution in [3.63, 3.8) is 0 Å². The van der Waals surface area contributed by atoms with Crippen molar-refractivity contribution in [3.8, 4) is 28.0 Å². The molecule has 0 heterocycles. The van der Waals surface area contributed by atoms with E-state index in [9.17, 15) is 13.2 Å². The van der Waals surface area contributed by atoms with Crippen molar-refractivity contribution in [3.05, 3.63) is 77.9 Å². The van der Waals surface area contributed by atoms with E-state index in [0.29, 0.717) is 11.1 Å². The van der Waals surface area contributed by atoms with E-state index in [0.717, 1.165) is 29.5 Å². The maximum absolute atomic E-state index is 14.4. The van der Waals surface area contributed by atoms with Gasteiger partial charge in [0.05, 0.1) is 0 Å². The lowest BCUT2D eigenvalue weighted by molar-refractivity contribution is 0.184. The maximum atomic E-state index is 14.4. The molecule has 0 aliphatic rings. The third kappa shape index (κ3) is 3.90. The van der Waals surface area contributed by atoms with Crippen LogP contribution >= 0.6 is 0 Å². The molecule has 3 rings (SSSR count). The highest BCUT2D eigenvalue weighted by Crippen LogP contribution is 2.29. The van der Waals surface area contributed by atoms with E-state index in [1.54, 1.807) is 42.5 Å². The van der Waals surface area contributed by atoms with E-state index in [1.807, 2.05) is 6.07 Å².